The molecule has 2 heterocycles. The molecule has 114 valence electrons. The third kappa shape index (κ3) is 2.09. The largest absolute Gasteiger partial charge is 0.493 e. The quantitative estimate of drug-likeness (QED) is 0.749. The zero-order valence-electron chi connectivity index (χ0n) is 11.2. The van der Waals surface area contributed by atoms with Gasteiger partial charge in [-0.3, -0.25) is 0 Å². The topological polar surface area (TPSA) is 81.8 Å². The van der Waals surface area contributed by atoms with Crippen LogP contribution in [0, 0.1) is 0 Å². The maximum absolute atomic E-state index is 12.5. The zero-order valence-corrected chi connectivity index (χ0v) is 11.2. The van der Waals surface area contributed by atoms with Crippen LogP contribution in [0.3, 0.4) is 0 Å². The lowest BCUT2D eigenvalue weighted by atomic mass is 10.1. The summed E-state index contributed by atoms with van der Waals surface area (Å²) in [5.74, 6) is -1.36. The van der Waals surface area contributed by atoms with Gasteiger partial charge in [0.05, 0.1) is 23.4 Å². The van der Waals surface area contributed by atoms with Gasteiger partial charge in [0.1, 0.15) is 5.58 Å². The molecular weight excluding hydrogens is 300 g/mol. The van der Waals surface area contributed by atoms with E-state index in [-0.39, 0.29) is 33.3 Å². The number of fused-ring (bicyclic) bond motifs is 3. The number of aromatic nitrogens is 1. The molecular formula is C14H9F2NO5. The van der Waals surface area contributed by atoms with E-state index in [4.69, 9.17) is 4.42 Å². The van der Waals surface area contributed by atoms with Crippen molar-refractivity contribution in [2.24, 2.45) is 0 Å². The fraction of sp³-hybridized carbons (Fsp3) is 0.143. The van der Waals surface area contributed by atoms with Crippen LogP contribution in [-0.2, 0) is 4.74 Å². The summed E-state index contributed by atoms with van der Waals surface area (Å²) in [6.07, 6.45) is 1.28. The summed E-state index contributed by atoms with van der Waals surface area (Å²) in [5, 5.41) is 10.1. The summed E-state index contributed by atoms with van der Waals surface area (Å²) in [6.45, 7) is -3.06. The number of benzene rings is 1. The summed E-state index contributed by atoms with van der Waals surface area (Å²) in [4.78, 5) is 15.6. The number of methoxy groups -OCH3 is 1. The Hall–Kier alpha value is -2.90. The second-order valence-electron chi connectivity index (χ2n) is 4.30. The number of esters is 1. The molecule has 0 atom stereocenters. The van der Waals surface area contributed by atoms with Gasteiger partial charge in [-0.05, 0) is 12.1 Å². The molecule has 0 saturated carbocycles. The normalized spacial score (nSPS) is 11.3. The molecule has 0 bridgehead atoms. The van der Waals surface area contributed by atoms with Gasteiger partial charge in [0, 0.05) is 12.3 Å². The summed E-state index contributed by atoms with van der Waals surface area (Å²) in [5.41, 5.74) is 0.126. The summed E-state index contributed by atoms with van der Waals surface area (Å²) in [7, 11) is 1.18. The van der Waals surface area contributed by atoms with Gasteiger partial charge in [-0.15, -0.1) is 0 Å². The van der Waals surface area contributed by atoms with Crippen molar-refractivity contribution in [1.29, 1.82) is 0 Å². The van der Waals surface area contributed by atoms with Crippen molar-refractivity contribution in [2.45, 2.75) is 6.61 Å². The number of aromatic hydroxyl groups is 1. The summed E-state index contributed by atoms with van der Waals surface area (Å²) < 4.78 is 39.5. The Morgan fingerprint density at radius 2 is 2.09 bits per heavy atom. The molecule has 3 aromatic rings. The maximum atomic E-state index is 12.5. The van der Waals surface area contributed by atoms with E-state index in [1.807, 2.05) is 0 Å². The summed E-state index contributed by atoms with van der Waals surface area (Å²) in [6, 6.07) is 3.86. The van der Waals surface area contributed by atoms with Gasteiger partial charge in [0.2, 0.25) is 5.88 Å². The van der Waals surface area contributed by atoms with E-state index in [2.05, 4.69) is 14.5 Å². The minimum atomic E-state index is -3.06. The van der Waals surface area contributed by atoms with Gasteiger partial charge >= 0.3 is 12.6 Å². The highest BCUT2D eigenvalue weighted by molar-refractivity contribution is 6.17. The van der Waals surface area contributed by atoms with Crippen molar-refractivity contribution >= 4 is 27.9 Å². The van der Waals surface area contributed by atoms with E-state index in [0.29, 0.717) is 0 Å². The highest BCUT2D eigenvalue weighted by atomic mass is 19.3. The predicted molar refractivity (Wildman–Crippen MR) is 71.2 cm³/mol. The van der Waals surface area contributed by atoms with Crippen LogP contribution in [0.4, 0.5) is 8.78 Å². The van der Waals surface area contributed by atoms with Crippen molar-refractivity contribution < 1.29 is 32.6 Å². The second kappa shape index (κ2) is 5.14. The van der Waals surface area contributed by atoms with Crippen molar-refractivity contribution in [3.05, 3.63) is 30.0 Å². The molecule has 1 aromatic carbocycles. The van der Waals surface area contributed by atoms with E-state index in [1.165, 1.54) is 31.5 Å². The van der Waals surface area contributed by atoms with Gasteiger partial charge < -0.3 is 19.0 Å². The predicted octanol–water partition coefficient (Wildman–Crippen LogP) is 3.07. The molecule has 8 heteroatoms. The van der Waals surface area contributed by atoms with Crippen molar-refractivity contribution in [1.82, 2.24) is 4.98 Å². The van der Waals surface area contributed by atoms with Gasteiger partial charge in [-0.25, -0.2) is 9.78 Å². The molecule has 22 heavy (non-hydrogen) atoms. The number of rotatable bonds is 3. The summed E-state index contributed by atoms with van der Waals surface area (Å²) >= 11 is 0. The van der Waals surface area contributed by atoms with Crippen LogP contribution in [0.5, 0.6) is 11.6 Å². The number of pyridine rings is 1. The first-order chi connectivity index (χ1) is 10.5. The van der Waals surface area contributed by atoms with Gasteiger partial charge in [-0.1, -0.05) is 0 Å². The Kier molecular flexibility index (Phi) is 3.28. The molecule has 1 N–H and O–H groups in total. The standard InChI is InChI=1S/C14H9F2NO5/c1-20-13(19)6-2-3-8(22-14(15)16)11-9(6)10-7(21-11)4-5-17-12(10)18/h2-5,14H,1H3,(H,17,18). The number of furan rings is 1. The maximum Gasteiger partial charge on any atom is 0.387 e. The van der Waals surface area contributed by atoms with Gasteiger partial charge in [0.15, 0.2) is 11.3 Å². The number of alkyl halides is 2. The number of hydrogen-bond acceptors (Lipinski definition) is 6. The van der Waals surface area contributed by atoms with Crippen LogP contribution in [-0.4, -0.2) is 29.8 Å². The first-order valence-corrected chi connectivity index (χ1v) is 6.09. The third-order valence-electron chi connectivity index (χ3n) is 3.10. The SMILES string of the molecule is COC(=O)c1ccc(OC(F)F)c2oc3ccnc(O)c3c12. The number of nitrogens with zero attached hydrogens (tertiary/aromatic N) is 1. The molecule has 0 unspecified atom stereocenters. The lowest BCUT2D eigenvalue weighted by molar-refractivity contribution is -0.0493. The number of carbonyl (C=O) groups excluding carboxylic acids is 1. The molecule has 0 spiro atoms. The monoisotopic (exact) mass is 309 g/mol. The number of ether oxygens (including phenoxy) is 2. The average Bonchev–Trinajstić information content (AvgIpc) is 2.87. The minimum Gasteiger partial charge on any atom is -0.493 e. The molecule has 0 aliphatic rings. The number of carbonyl (C=O) groups is 1. The Labute approximate surface area is 121 Å². The van der Waals surface area contributed by atoms with Gasteiger partial charge in [-0.2, -0.15) is 8.78 Å². The zero-order chi connectivity index (χ0) is 15.9. The molecule has 0 saturated heterocycles. The first-order valence-electron chi connectivity index (χ1n) is 6.09. The number of hydrogen-bond donors (Lipinski definition) is 1. The van der Waals surface area contributed by atoms with Crippen molar-refractivity contribution in [2.75, 3.05) is 7.11 Å². The van der Waals surface area contributed by atoms with E-state index >= 15 is 0 Å². The van der Waals surface area contributed by atoms with Crippen molar-refractivity contribution in [3.63, 3.8) is 0 Å². The molecule has 0 aliphatic carbocycles. The third-order valence-corrected chi connectivity index (χ3v) is 3.10. The fourth-order valence-electron chi connectivity index (χ4n) is 2.25. The van der Waals surface area contributed by atoms with Crippen LogP contribution >= 0.6 is 0 Å². The molecule has 0 radical (unpaired) electrons. The Balaban J connectivity index is 2.43. The molecule has 0 fully saturated rings. The van der Waals surface area contributed by atoms with Gasteiger partial charge in [0.25, 0.3) is 0 Å². The molecule has 6 nitrogen and oxygen atoms in total. The second-order valence-corrected chi connectivity index (χ2v) is 4.30. The van der Waals surface area contributed by atoms with E-state index in [9.17, 15) is 18.7 Å². The Morgan fingerprint density at radius 1 is 1.32 bits per heavy atom. The van der Waals surface area contributed by atoms with Crippen LogP contribution in [0.1, 0.15) is 10.4 Å². The highest BCUT2D eigenvalue weighted by Crippen LogP contribution is 2.40. The number of halogens is 2. The van der Waals surface area contributed by atoms with E-state index in [0.717, 1.165) is 0 Å². The average molecular weight is 309 g/mol. The molecule has 0 amide bonds. The van der Waals surface area contributed by atoms with Crippen molar-refractivity contribution in [3.8, 4) is 11.6 Å². The molecule has 2 aromatic heterocycles. The fourth-order valence-corrected chi connectivity index (χ4v) is 2.25. The van der Waals surface area contributed by atoms with Crippen LogP contribution in [0.2, 0.25) is 0 Å². The smallest absolute Gasteiger partial charge is 0.387 e. The van der Waals surface area contributed by atoms with E-state index in [1.54, 1.807) is 0 Å². The van der Waals surface area contributed by atoms with Crippen LogP contribution in [0.15, 0.2) is 28.8 Å². The molecule has 3 rings (SSSR count). The minimum absolute atomic E-state index is 0.0427. The lowest BCUT2D eigenvalue weighted by Crippen LogP contribution is -2.05. The first kappa shape index (κ1) is 14.1. The molecule has 0 aliphatic heterocycles. The van der Waals surface area contributed by atoms with Crippen LogP contribution < -0.4 is 4.74 Å². The van der Waals surface area contributed by atoms with E-state index < -0.39 is 18.5 Å². The van der Waals surface area contributed by atoms with Crippen LogP contribution in [0.25, 0.3) is 21.9 Å². The lowest BCUT2D eigenvalue weighted by Gasteiger charge is -2.07. The Morgan fingerprint density at radius 3 is 2.77 bits per heavy atom. The Bertz CT molecular complexity index is 874. The highest BCUT2D eigenvalue weighted by Gasteiger charge is 2.23.